The van der Waals surface area contributed by atoms with Crippen molar-refractivity contribution in [3.63, 3.8) is 0 Å². The van der Waals surface area contributed by atoms with E-state index in [4.69, 9.17) is 4.74 Å². The zero-order valence-corrected chi connectivity index (χ0v) is 9.64. The average molecular weight is 236 g/mol. The van der Waals surface area contributed by atoms with Crippen molar-refractivity contribution in [2.75, 3.05) is 14.2 Å². The Labute approximate surface area is 98.2 Å². The number of aromatic nitrogens is 3. The summed E-state index contributed by atoms with van der Waals surface area (Å²) >= 11 is 0. The van der Waals surface area contributed by atoms with Gasteiger partial charge in [-0.3, -0.25) is 0 Å². The van der Waals surface area contributed by atoms with E-state index in [0.717, 1.165) is 5.69 Å². The number of halogens is 1. The molecule has 6 heteroatoms. The van der Waals surface area contributed by atoms with E-state index >= 15 is 0 Å². The molecule has 90 valence electrons. The van der Waals surface area contributed by atoms with Gasteiger partial charge in [-0.15, -0.1) is 5.10 Å². The predicted molar refractivity (Wildman–Crippen MR) is 60.6 cm³/mol. The molecule has 0 spiro atoms. The smallest absolute Gasteiger partial charge is 0.149 e. The number of methoxy groups -OCH3 is 1. The summed E-state index contributed by atoms with van der Waals surface area (Å²) in [5.74, 6) is 0.207. The molecule has 1 aromatic heterocycles. The van der Waals surface area contributed by atoms with Gasteiger partial charge < -0.3 is 10.1 Å². The summed E-state index contributed by atoms with van der Waals surface area (Å²) in [5, 5.41) is 10.7. The number of hydrogen-bond donors (Lipinski definition) is 1. The lowest BCUT2D eigenvalue weighted by atomic mass is 10.3. The summed E-state index contributed by atoms with van der Waals surface area (Å²) in [5.41, 5.74) is 1.06. The minimum atomic E-state index is -0.369. The fourth-order valence-electron chi connectivity index (χ4n) is 1.47. The first kappa shape index (κ1) is 11.5. The number of ether oxygens (including phenoxy) is 1. The van der Waals surface area contributed by atoms with Gasteiger partial charge in [0.15, 0.2) is 0 Å². The second kappa shape index (κ2) is 4.92. The molecule has 17 heavy (non-hydrogen) atoms. The maximum absolute atomic E-state index is 13.6. The van der Waals surface area contributed by atoms with Gasteiger partial charge in [-0.1, -0.05) is 5.21 Å². The van der Waals surface area contributed by atoms with Crippen LogP contribution in [-0.2, 0) is 6.54 Å². The Bertz CT molecular complexity index is 512. The molecule has 0 unspecified atom stereocenters. The molecule has 0 amide bonds. The highest BCUT2D eigenvalue weighted by Crippen LogP contribution is 2.19. The molecule has 0 radical (unpaired) electrons. The summed E-state index contributed by atoms with van der Waals surface area (Å²) in [6, 6.07) is 4.48. The monoisotopic (exact) mass is 236 g/mol. The van der Waals surface area contributed by atoms with Crippen molar-refractivity contribution in [3.05, 3.63) is 35.9 Å². The summed E-state index contributed by atoms with van der Waals surface area (Å²) in [4.78, 5) is 0. The molecule has 0 aliphatic carbocycles. The molecule has 1 aromatic carbocycles. The van der Waals surface area contributed by atoms with E-state index in [0.29, 0.717) is 18.0 Å². The molecule has 2 aromatic rings. The van der Waals surface area contributed by atoms with Gasteiger partial charge in [-0.25, -0.2) is 9.07 Å². The fraction of sp³-hybridized carbons (Fsp3) is 0.273. The largest absolute Gasteiger partial charge is 0.497 e. The van der Waals surface area contributed by atoms with Gasteiger partial charge in [0, 0.05) is 12.6 Å². The van der Waals surface area contributed by atoms with Crippen LogP contribution < -0.4 is 10.1 Å². The zero-order valence-electron chi connectivity index (χ0n) is 9.64. The van der Waals surface area contributed by atoms with Crippen molar-refractivity contribution in [2.24, 2.45) is 0 Å². The molecule has 0 aliphatic rings. The first-order valence-electron chi connectivity index (χ1n) is 5.14. The zero-order chi connectivity index (χ0) is 12.3. The fourth-order valence-corrected chi connectivity index (χ4v) is 1.47. The molecular formula is C11H13FN4O. The van der Waals surface area contributed by atoms with E-state index in [9.17, 15) is 4.39 Å². The SMILES string of the molecule is CNCc1cn(-c2cc(OC)ccc2F)nn1. The Morgan fingerprint density at radius 3 is 3.00 bits per heavy atom. The van der Waals surface area contributed by atoms with Crippen molar-refractivity contribution in [1.29, 1.82) is 0 Å². The Hall–Kier alpha value is -1.95. The van der Waals surface area contributed by atoms with E-state index < -0.39 is 0 Å². The molecule has 0 aliphatic heterocycles. The van der Waals surface area contributed by atoms with Crippen LogP contribution in [0.3, 0.4) is 0 Å². The summed E-state index contributed by atoms with van der Waals surface area (Å²) < 4.78 is 20.1. The molecule has 5 nitrogen and oxygen atoms in total. The van der Waals surface area contributed by atoms with Gasteiger partial charge in [0.05, 0.1) is 19.0 Å². The molecule has 1 heterocycles. The van der Waals surface area contributed by atoms with Crippen LogP contribution in [-0.4, -0.2) is 29.2 Å². The highest BCUT2D eigenvalue weighted by Gasteiger charge is 2.08. The van der Waals surface area contributed by atoms with Crippen LogP contribution in [0.25, 0.3) is 5.69 Å². The van der Waals surface area contributed by atoms with Crippen LogP contribution >= 0.6 is 0 Å². The summed E-state index contributed by atoms with van der Waals surface area (Å²) in [7, 11) is 3.34. The van der Waals surface area contributed by atoms with Crippen molar-refractivity contribution >= 4 is 0 Å². The van der Waals surface area contributed by atoms with Gasteiger partial charge in [0.2, 0.25) is 0 Å². The molecule has 0 bridgehead atoms. The van der Waals surface area contributed by atoms with E-state index in [2.05, 4.69) is 15.6 Å². The molecule has 1 N–H and O–H groups in total. The minimum absolute atomic E-state index is 0.319. The van der Waals surface area contributed by atoms with E-state index in [1.807, 2.05) is 7.05 Å². The lowest BCUT2D eigenvalue weighted by molar-refractivity contribution is 0.413. The van der Waals surface area contributed by atoms with Gasteiger partial charge >= 0.3 is 0 Å². The second-order valence-corrected chi connectivity index (χ2v) is 3.50. The molecular weight excluding hydrogens is 223 g/mol. The van der Waals surface area contributed by atoms with Gasteiger partial charge in [-0.2, -0.15) is 0 Å². The maximum Gasteiger partial charge on any atom is 0.149 e. The third-order valence-electron chi connectivity index (χ3n) is 2.30. The average Bonchev–Trinajstić information content (AvgIpc) is 2.79. The Morgan fingerprint density at radius 2 is 2.29 bits per heavy atom. The van der Waals surface area contributed by atoms with Crippen LogP contribution in [0.1, 0.15) is 5.69 Å². The van der Waals surface area contributed by atoms with Crippen LogP contribution in [0.4, 0.5) is 4.39 Å². The number of benzene rings is 1. The number of hydrogen-bond acceptors (Lipinski definition) is 4. The lowest BCUT2D eigenvalue weighted by Crippen LogP contribution is -2.05. The molecule has 0 fully saturated rings. The van der Waals surface area contributed by atoms with E-state index in [1.54, 1.807) is 18.3 Å². The number of nitrogens with one attached hydrogen (secondary N) is 1. The van der Waals surface area contributed by atoms with E-state index in [-0.39, 0.29) is 5.82 Å². The predicted octanol–water partition coefficient (Wildman–Crippen LogP) is 1.13. The van der Waals surface area contributed by atoms with Crippen LogP contribution in [0, 0.1) is 5.82 Å². The van der Waals surface area contributed by atoms with Gasteiger partial charge in [0.1, 0.15) is 17.3 Å². The molecule has 0 saturated heterocycles. The first-order chi connectivity index (χ1) is 8.24. The molecule has 0 saturated carbocycles. The Morgan fingerprint density at radius 1 is 1.47 bits per heavy atom. The third kappa shape index (κ3) is 2.42. The lowest BCUT2D eigenvalue weighted by Gasteiger charge is -2.04. The van der Waals surface area contributed by atoms with Crippen LogP contribution in [0.2, 0.25) is 0 Å². The highest BCUT2D eigenvalue weighted by molar-refractivity contribution is 5.40. The minimum Gasteiger partial charge on any atom is -0.497 e. The summed E-state index contributed by atoms with van der Waals surface area (Å²) in [6.45, 7) is 0.589. The Balaban J connectivity index is 2.37. The standard InChI is InChI=1S/C11H13FN4O/c1-13-6-8-7-16(15-14-8)11-5-9(17-2)3-4-10(11)12/h3-5,7,13H,6H2,1-2H3. The summed E-state index contributed by atoms with van der Waals surface area (Å²) in [6.07, 6.45) is 1.67. The quantitative estimate of drug-likeness (QED) is 0.864. The van der Waals surface area contributed by atoms with Gasteiger partial charge in [-0.05, 0) is 19.2 Å². The highest BCUT2D eigenvalue weighted by atomic mass is 19.1. The van der Waals surface area contributed by atoms with Crippen LogP contribution in [0.5, 0.6) is 5.75 Å². The molecule has 0 atom stereocenters. The maximum atomic E-state index is 13.6. The number of nitrogens with zero attached hydrogens (tertiary/aromatic N) is 3. The van der Waals surface area contributed by atoms with Crippen molar-refractivity contribution in [1.82, 2.24) is 20.3 Å². The van der Waals surface area contributed by atoms with Crippen LogP contribution in [0.15, 0.2) is 24.4 Å². The third-order valence-corrected chi connectivity index (χ3v) is 2.30. The second-order valence-electron chi connectivity index (χ2n) is 3.50. The Kier molecular flexibility index (Phi) is 3.34. The van der Waals surface area contributed by atoms with Crippen molar-refractivity contribution < 1.29 is 9.13 Å². The molecule has 2 rings (SSSR count). The number of rotatable bonds is 4. The topological polar surface area (TPSA) is 52.0 Å². The van der Waals surface area contributed by atoms with Gasteiger partial charge in [0.25, 0.3) is 0 Å². The normalized spacial score (nSPS) is 10.5. The van der Waals surface area contributed by atoms with Crippen molar-refractivity contribution in [3.8, 4) is 11.4 Å². The van der Waals surface area contributed by atoms with Crippen molar-refractivity contribution in [2.45, 2.75) is 6.54 Å². The first-order valence-corrected chi connectivity index (χ1v) is 5.14. The van der Waals surface area contributed by atoms with E-state index in [1.165, 1.54) is 17.9 Å².